The fourth-order valence-corrected chi connectivity index (χ4v) is 4.75. The fraction of sp³-hybridized carbons (Fsp3) is 0.0769. The zero-order chi connectivity index (χ0) is 17.8. The SMILES string of the molecule is c1ccc2c(c1)Cc1cccc(Cn3c4ccccc4c4ccccc43)c1-2. The number of hydrogen-bond donors (Lipinski definition) is 0. The molecule has 0 aliphatic heterocycles. The van der Waals surface area contributed by atoms with Crippen molar-refractivity contribution in [2.45, 2.75) is 13.0 Å². The number of hydrogen-bond acceptors (Lipinski definition) is 0. The van der Waals surface area contributed by atoms with Gasteiger partial charge in [0, 0.05) is 28.4 Å². The number of benzene rings is 4. The minimum atomic E-state index is 0.894. The van der Waals surface area contributed by atoms with Gasteiger partial charge in [0.15, 0.2) is 0 Å². The summed E-state index contributed by atoms with van der Waals surface area (Å²) in [7, 11) is 0. The molecule has 0 fully saturated rings. The summed E-state index contributed by atoms with van der Waals surface area (Å²) >= 11 is 0. The molecule has 0 amide bonds. The van der Waals surface area contributed by atoms with E-state index < -0.39 is 0 Å². The van der Waals surface area contributed by atoms with Gasteiger partial charge in [-0.1, -0.05) is 78.9 Å². The maximum atomic E-state index is 2.47. The Hall–Kier alpha value is -3.32. The lowest BCUT2D eigenvalue weighted by atomic mass is 9.99. The van der Waals surface area contributed by atoms with Gasteiger partial charge in [-0.25, -0.2) is 0 Å². The summed E-state index contributed by atoms with van der Waals surface area (Å²) in [5, 5.41) is 2.67. The first kappa shape index (κ1) is 14.8. The molecule has 0 saturated heterocycles. The van der Waals surface area contributed by atoms with Gasteiger partial charge >= 0.3 is 0 Å². The second-order valence-corrected chi connectivity index (χ2v) is 7.41. The molecule has 4 aromatic carbocycles. The number of aromatic nitrogens is 1. The Morgan fingerprint density at radius 3 is 2.00 bits per heavy atom. The Morgan fingerprint density at radius 2 is 1.22 bits per heavy atom. The van der Waals surface area contributed by atoms with Crippen molar-refractivity contribution in [2.24, 2.45) is 0 Å². The van der Waals surface area contributed by atoms with Crippen LogP contribution in [0.1, 0.15) is 16.7 Å². The van der Waals surface area contributed by atoms with Crippen LogP contribution >= 0.6 is 0 Å². The summed E-state index contributed by atoms with van der Waals surface area (Å²) in [5.74, 6) is 0. The van der Waals surface area contributed by atoms with E-state index in [0.717, 1.165) is 13.0 Å². The van der Waals surface area contributed by atoms with Gasteiger partial charge in [-0.05, 0) is 46.4 Å². The van der Waals surface area contributed by atoms with E-state index in [1.165, 1.54) is 49.6 Å². The molecule has 1 aromatic heterocycles. The maximum Gasteiger partial charge on any atom is 0.0494 e. The minimum absolute atomic E-state index is 0.894. The van der Waals surface area contributed by atoms with E-state index in [4.69, 9.17) is 0 Å². The molecule has 5 aromatic rings. The van der Waals surface area contributed by atoms with E-state index in [0.29, 0.717) is 0 Å². The fourth-order valence-electron chi connectivity index (χ4n) is 4.75. The van der Waals surface area contributed by atoms with Crippen LogP contribution in [0, 0.1) is 0 Å². The zero-order valence-corrected chi connectivity index (χ0v) is 15.0. The van der Waals surface area contributed by atoms with Crippen LogP contribution in [-0.4, -0.2) is 4.57 Å². The van der Waals surface area contributed by atoms with Gasteiger partial charge in [-0.3, -0.25) is 0 Å². The Morgan fingerprint density at radius 1 is 0.593 bits per heavy atom. The van der Waals surface area contributed by atoms with Crippen LogP contribution in [0.15, 0.2) is 91.0 Å². The molecule has 1 heteroatoms. The van der Waals surface area contributed by atoms with Gasteiger partial charge in [-0.2, -0.15) is 0 Å². The quantitative estimate of drug-likeness (QED) is 0.341. The normalized spacial score (nSPS) is 12.4. The van der Waals surface area contributed by atoms with Gasteiger partial charge in [0.2, 0.25) is 0 Å². The predicted molar refractivity (Wildman–Crippen MR) is 113 cm³/mol. The number of para-hydroxylation sites is 2. The van der Waals surface area contributed by atoms with Crippen molar-refractivity contribution in [3.05, 3.63) is 108 Å². The lowest BCUT2D eigenvalue weighted by Crippen LogP contribution is -2.01. The second-order valence-electron chi connectivity index (χ2n) is 7.41. The van der Waals surface area contributed by atoms with E-state index in [1.807, 2.05) is 0 Å². The van der Waals surface area contributed by atoms with Crippen molar-refractivity contribution < 1.29 is 0 Å². The topological polar surface area (TPSA) is 4.93 Å². The highest BCUT2D eigenvalue weighted by atomic mass is 15.0. The summed E-state index contributed by atoms with van der Waals surface area (Å²) in [6.07, 6.45) is 1.05. The third-order valence-electron chi connectivity index (χ3n) is 5.91. The molecule has 0 saturated carbocycles. The monoisotopic (exact) mass is 345 g/mol. The van der Waals surface area contributed by atoms with Crippen LogP contribution in [0.2, 0.25) is 0 Å². The maximum absolute atomic E-state index is 2.47. The number of fused-ring (bicyclic) bond motifs is 6. The average Bonchev–Trinajstić information content (AvgIpc) is 3.25. The van der Waals surface area contributed by atoms with Gasteiger partial charge in [0.1, 0.15) is 0 Å². The lowest BCUT2D eigenvalue weighted by molar-refractivity contribution is 0.870. The molecule has 0 spiro atoms. The molecule has 0 N–H and O–H groups in total. The van der Waals surface area contributed by atoms with Crippen LogP contribution < -0.4 is 0 Å². The van der Waals surface area contributed by atoms with E-state index in [9.17, 15) is 0 Å². The Balaban J connectivity index is 1.60. The van der Waals surface area contributed by atoms with Crippen molar-refractivity contribution in [2.75, 3.05) is 0 Å². The van der Waals surface area contributed by atoms with Crippen molar-refractivity contribution in [3.63, 3.8) is 0 Å². The molecular weight excluding hydrogens is 326 g/mol. The molecule has 6 rings (SSSR count). The van der Waals surface area contributed by atoms with E-state index in [2.05, 4.69) is 95.6 Å². The Labute approximate surface area is 158 Å². The molecule has 0 bridgehead atoms. The molecule has 1 heterocycles. The van der Waals surface area contributed by atoms with E-state index >= 15 is 0 Å². The molecule has 0 unspecified atom stereocenters. The molecule has 0 atom stereocenters. The molecule has 0 radical (unpaired) electrons. The van der Waals surface area contributed by atoms with E-state index in [-0.39, 0.29) is 0 Å². The lowest BCUT2D eigenvalue weighted by Gasteiger charge is -2.13. The summed E-state index contributed by atoms with van der Waals surface area (Å²) < 4.78 is 2.47. The molecule has 1 nitrogen and oxygen atoms in total. The molecule has 27 heavy (non-hydrogen) atoms. The van der Waals surface area contributed by atoms with Crippen molar-refractivity contribution >= 4 is 21.8 Å². The van der Waals surface area contributed by atoms with Crippen LogP contribution in [0.5, 0.6) is 0 Å². The van der Waals surface area contributed by atoms with E-state index in [1.54, 1.807) is 0 Å². The zero-order valence-electron chi connectivity index (χ0n) is 15.0. The minimum Gasteiger partial charge on any atom is -0.336 e. The molecule has 1 aliphatic carbocycles. The largest absolute Gasteiger partial charge is 0.336 e. The van der Waals surface area contributed by atoms with Gasteiger partial charge < -0.3 is 4.57 Å². The van der Waals surface area contributed by atoms with Crippen LogP contribution in [-0.2, 0) is 13.0 Å². The highest BCUT2D eigenvalue weighted by Gasteiger charge is 2.21. The van der Waals surface area contributed by atoms with Crippen LogP contribution in [0.3, 0.4) is 0 Å². The summed E-state index contributed by atoms with van der Waals surface area (Å²) in [4.78, 5) is 0. The predicted octanol–water partition coefficient (Wildman–Crippen LogP) is 6.41. The van der Waals surface area contributed by atoms with Gasteiger partial charge in [0.25, 0.3) is 0 Å². The molecule has 128 valence electrons. The van der Waals surface area contributed by atoms with Gasteiger partial charge in [0.05, 0.1) is 0 Å². The highest BCUT2D eigenvalue weighted by molar-refractivity contribution is 6.08. The first-order valence-corrected chi connectivity index (χ1v) is 9.55. The summed E-state index contributed by atoms with van der Waals surface area (Å²) in [6, 6.07) is 33.1. The number of rotatable bonds is 2. The van der Waals surface area contributed by atoms with Gasteiger partial charge in [-0.15, -0.1) is 0 Å². The standard InChI is InChI=1S/C26H19N/c1-2-11-21-18(8-1)16-19-9-7-10-20(26(19)21)17-27-24-14-5-3-12-22(24)23-13-4-6-15-25(23)27/h1-15H,16-17H2. The molecular formula is C26H19N. The first-order valence-electron chi connectivity index (χ1n) is 9.55. The Bertz CT molecular complexity index is 1270. The highest BCUT2D eigenvalue weighted by Crippen LogP contribution is 2.40. The third kappa shape index (κ3) is 2.12. The van der Waals surface area contributed by atoms with Crippen molar-refractivity contribution in [1.29, 1.82) is 0 Å². The number of nitrogens with zero attached hydrogens (tertiary/aromatic N) is 1. The summed E-state index contributed by atoms with van der Waals surface area (Å²) in [6.45, 7) is 0.894. The smallest absolute Gasteiger partial charge is 0.0494 e. The summed E-state index contributed by atoms with van der Waals surface area (Å²) in [5.41, 5.74) is 9.77. The van der Waals surface area contributed by atoms with Crippen LogP contribution in [0.4, 0.5) is 0 Å². The van der Waals surface area contributed by atoms with Crippen molar-refractivity contribution in [3.8, 4) is 11.1 Å². The first-order chi connectivity index (χ1) is 13.4. The second kappa shape index (κ2) is 5.59. The third-order valence-corrected chi connectivity index (χ3v) is 5.91. The van der Waals surface area contributed by atoms with Crippen LogP contribution in [0.25, 0.3) is 32.9 Å². The average molecular weight is 345 g/mol. The Kier molecular flexibility index (Phi) is 3.06. The van der Waals surface area contributed by atoms with Crippen molar-refractivity contribution in [1.82, 2.24) is 4.57 Å². The molecule has 1 aliphatic rings.